The van der Waals surface area contributed by atoms with Crippen molar-refractivity contribution in [1.82, 2.24) is 4.98 Å². The first kappa shape index (κ1) is 9.28. The summed E-state index contributed by atoms with van der Waals surface area (Å²) in [7, 11) is 0. The van der Waals surface area contributed by atoms with Gasteiger partial charge in [0.2, 0.25) is 0 Å². The van der Waals surface area contributed by atoms with Gasteiger partial charge in [-0.05, 0) is 13.0 Å². The minimum Gasteiger partial charge on any atom is -0.446 e. The van der Waals surface area contributed by atoms with E-state index < -0.39 is 0 Å². The van der Waals surface area contributed by atoms with Crippen molar-refractivity contribution in [1.29, 1.82) is 0 Å². The van der Waals surface area contributed by atoms with Crippen molar-refractivity contribution in [2.75, 3.05) is 0 Å². The average molecular weight is 208 g/mol. The number of benzene rings is 1. The van der Waals surface area contributed by atoms with Crippen LogP contribution in [0.1, 0.15) is 11.7 Å². The lowest BCUT2D eigenvalue weighted by atomic mass is 10.1. The van der Waals surface area contributed by atoms with Gasteiger partial charge >= 0.3 is 0 Å². The van der Waals surface area contributed by atoms with Crippen molar-refractivity contribution in [3.8, 4) is 11.3 Å². The van der Waals surface area contributed by atoms with Crippen LogP contribution in [0.4, 0.5) is 0 Å². The summed E-state index contributed by atoms with van der Waals surface area (Å²) in [6.07, 6.45) is 0. The van der Waals surface area contributed by atoms with E-state index in [9.17, 15) is 0 Å². The lowest BCUT2D eigenvalue weighted by molar-refractivity contribution is 0.495. The maximum atomic E-state index is 6.06. The van der Waals surface area contributed by atoms with E-state index in [1.54, 1.807) is 0 Å². The van der Waals surface area contributed by atoms with Crippen LogP contribution < -0.4 is 0 Å². The molecule has 0 fully saturated rings. The van der Waals surface area contributed by atoms with Crippen LogP contribution in [0.25, 0.3) is 11.3 Å². The fraction of sp³-hybridized carbons (Fsp3) is 0.182. The molecular formula is C11H10ClNO. The Morgan fingerprint density at radius 2 is 1.93 bits per heavy atom. The Kier molecular flexibility index (Phi) is 2.30. The Hall–Kier alpha value is -1.28. The van der Waals surface area contributed by atoms with Crippen LogP contribution in [0.3, 0.4) is 0 Å². The summed E-state index contributed by atoms with van der Waals surface area (Å²) in [5.74, 6) is 1.47. The van der Waals surface area contributed by atoms with Crippen molar-refractivity contribution in [2.24, 2.45) is 0 Å². The SMILES string of the molecule is Cc1nc(-c2ccccc2Cl)c(C)o1. The Morgan fingerprint density at radius 1 is 1.21 bits per heavy atom. The topological polar surface area (TPSA) is 26.0 Å². The molecular weight excluding hydrogens is 198 g/mol. The first-order chi connectivity index (χ1) is 6.68. The van der Waals surface area contributed by atoms with Crippen molar-refractivity contribution >= 4 is 11.6 Å². The van der Waals surface area contributed by atoms with Crippen LogP contribution in [0.2, 0.25) is 5.02 Å². The van der Waals surface area contributed by atoms with E-state index in [0.29, 0.717) is 10.9 Å². The number of aromatic nitrogens is 1. The minimum absolute atomic E-state index is 0.664. The molecule has 0 radical (unpaired) electrons. The Labute approximate surface area is 87.5 Å². The predicted molar refractivity (Wildman–Crippen MR) is 56.4 cm³/mol. The van der Waals surface area contributed by atoms with Gasteiger partial charge in [0, 0.05) is 12.5 Å². The molecule has 1 aromatic carbocycles. The van der Waals surface area contributed by atoms with E-state index in [2.05, 4.69) is 4.98 Å². The highest BCUT2D eigenvalue weighted by molar-refractivity contribution is 6.33. The minimum atomic E-state index is 0.664. The number of hydrogen-bond donors (Lipinski definition) is 0. The standard InChI is InChI=1S/C11H10ClNO/c1-7-11(13-8(2)14-7)9-5-3-4-6-10(9)12/h3-6H,1-2H3. The normalized spacial score (nSPS) is 10.5. The molecule has 2 nitrogen and oxygen atoms in total. The van der Waals surface area contributed by atoms with Crippen LogP contribution >= 0.6 is 11.6 Å². The van der Waals surface area contributed by atoms with E-state index >= 15 is 0 Å². The molecule has 0 aliphatic rings. The molecule has 0 saturated carbocycles. The highest BCUT2D eigenvalue weighted by atomic mass is 35.5. The first-order valence-corrected chi connectivity index (χ1v) is 4.75. The average Bonchev–Trinajstić information content (AvgIpc) is 2.46. The van der Waals surface area contributed by atoms with Crippen LogP contribution in [-0.2, 0) is 0 Å². The van der Waals surface area contributed by atoms with Gasteiger partial charge in [0.1, 0.15) is 11.5 Å². The first-order valence-electron chi connectivity index (χ1n) is 4.37. The molecule has 3 heteroatoms. The molecule has 14 heavy (non-hydrogen) atoms. The summed E-state index contributed by atoms with van der Waals surface area (Å²) in [5.41, 5.74) is 1.75. The van der Waals surface area contributed by atoms with Gasteiger partial charge in [-0.2, -0.15) is 0 Å². The van der Waals surface area contributed by atoms with Gasteiger partial charge in [0.15, 0.2) is 5.89 Å². The smallest absolute Gasteiger partial charge is 0.191 e. The molecule has 0 amide bonds. The molecule has 0 unspecified atom stereocenters. The predicted octanol–water partition coefficient (Wildman–Crippen LogP) is 3.61. The van der Waals surface area contributed by atoms with E-state index in [0.717, 1.165) is 17.0 Å². The van der Waals surface area contributed by atoms with Crippen molar-refractivity contribution < 1.29 is 4.42 Å². The molecule has 0 N–H and O–H groups in total. The van der Waals surface area contributed by atoms with E-state index in [-0.39, 0.29) is 0 Å². The molecule has 0 bridgehead atoms. The third kappa shape index (κ3) is 1.53. The molecule has 0 atom stereocenters. The molecule has 0 aliphatic carbocycles. The summed E-state index contributed by atoms with van der Waals surface area (Å²) in [4.78, 5) is 4.29. The second-order valence-corrected chi connectivity index (χ2v) is 3.52. The highest BCUT2D eigenvalue weighted by Crippen LogP contribution is 2.29. The molecule has 1 heterocycles. The van der Waals surface area contributed by atoms with E-state index in [4.69, 9.17) is 16.0 Å². The summed E-state index contributed by atoms with van der Waals surface area (Å²) < 4.78 is 5.35. The summed E-state index contributed by atoms with van der Waals surface area (Å²) in [6, 6.07) is 7.62. The number of nitrogens with zero attached hydrogens (tertiary/aromatic N) is 1. The third-order valence-corrected chi connectivity index (χ3v) is 2.36. The molecule has 0 spiro atoms. The van der Waals surface area contributed by atoms with Gasteiger partial charge in [-0.3, -0.25) is 0 Å². The summed E-state index contributed by atoms with van der Waals surface area (Å²) in [6.45, 7) is 3.71. The summed E-state index contributed by atoms with van der Waals surface area (Å²) >= 11 is 6.06. The maximum Gasteiger partial charge on any atom is 0.191 e. The van der Waals surface area contributed by atoms with Crippen LogP contribution in [0.5, 0.6) is 0 Å². The van der Waals surface area contributed by atoms with Gasteiger partial charge in [-0.15, -0.1) is 0 Å². The van der Waals surface area contributed by atoms with Crippen molar-refractivity contribution in [3.05, 3.63) is 40.9 Å². The van der Waals surface area contributed by atoms with E-state index in [1.165, 1.54) is 0 Å². The maximum absolute atomic E-state index is 6.06. The van der Waals surface area contributed by atoms with Gasteiger partial charge in [0.25, 0.3) is 0 Å². The molecule has 0 saturated heterocycles. The van der Waals surface area contributed by atoms with Gasteiger partial charge in [-0.25, -0.2) is 4.98 Å². The Bertz CT molecular complexity index is 462. The van der Waals surface area contributed by atoms with Crippen LogP contribution in [0.15, 0.2) is 28.7 Å². The Morgan fingerprint density at radius 3 is 2.50 bits per heavy atom. The van der Waals surface area contributed by atoms with Gasteiger partial charge < -0.3 is 4.42 Å². The van der Waals surface area contributed by atoms with E-state index in [1.807, 2.05) is 38.1 Å². The zero-order valence-electron chi connectivity index (χ0n) is 8.04. The lowest BCUT2D eigenvalue weighted by Gasteiger charge is -1.99. The van der Waals surface area contributed by atoms with Crippen LogP contribution in [0, 0.1) is 13.8 Å². The number of hydrogen-bond acceptors (Lipinski definition) is 2. The molecule has 2 aromatic rings. The fourth-order valence-corrected chi connectivity index (χ4v) is 1.66. The second-order valence-electron chi connectivity index (χ2n) is 3.12. The molecule has 1 aromatic heterocycles. The number of rotatable bonds is 1. The molecule has 2 rings (SSSR count). The highest BCUT2D eigenvalue weighted by Gasteiger charge is 2.11. The molecule has 0 aliphatic heterocycles. The largest absolute Gasteiger partial charge is 0.446 e. The monoisotopic (exact) mass is 207 g/mol. The fourth-order valence-electron chi connectivity index (χ4n) is 1.43. The van der Waals surface area contributed by atoms with Crippen molar-refractivity contribution in [3.63, 3.8) is 0 Å². The van der Waals surface area contributed by atoms with Gasteiger partial charge in [0.05, 0.1) is 5.02 Å². The molecule has 72 valence electrons. The van der Waals surface area contributed by atoms with Gasteiger partial charge in [-0.1, -0.05) is 29.8 Å². The number of oxazole rings is 1. The quantitative estimate of drug-likeness (QED) is 0.714. The number of aryl methyl sites for hydroxylation is 2. The Balaban J connectivity index is 2.60. The second kappa shape index (κ2) is 3.46. The summed E-state index contributed by atoms with van der Waals surface area (Å²) in [5, 5.41) is 0.698. The zero-order chi connectivity index (χ0) is 10.1. The number of halogens is 1. The lowest BCUT2D eigenvalue weighted by Crippen LogP contribution is -1.81. The van der Waals surface area contributed by atoms with Crippen LogP contribution in [-0.4, -0.2) is 4.98 Å². The van der Waals surface area contributed by atoms with Crippen molar-refractivity contribution in [2.45, 2.75) is 13.8 Å². The third-order valence-electron chi connectivity index (χ3n) is 2.03. The zero-order valence-corrected chi connectivity index (χ0v) is 8.80.